The summed E-state index contributed by atoms with van der Waals surface area (Å²) in [5.74, 6) is 1.12. The SMILES string of the molecule is CN(CCC1CC2CCC(C1)N2)CCS(C)(=O)=O. The van der Waals surface area contributed by atoms with Crippen LogP contribution in [0.2, 0.25) is 0 Å². The van der Waals surface area contributed by atoms with Gasteiger partial charge in [-0.2, -0.15) is 0 Å². The Bertz CT molecular complexity index is 357. The second-order valence-corrected chi connectivity index (χ2v) is 8.46. The van der Waals surface area contributed by atoms with Crippen LogP contribution in [0.4, 0.5) is 0 Å². The first-order chi connectivity index (χ1) is 8.42. The van der Waals surface area contributed by atoms with E-state index in [0.29, 0.717) is 6.54 Å². The first-order valence-corrected chi connectivity index (χ1v) is 9.11. The summed E-state index contributed by atoms with van der Waals surface area (Å²) in [6.07, 6.45) is 7.86. The molecule has 2 rings (SSSR count). The van der Waals surface area contributed by atoms with Gasteiger partial charge in [-0.15, -0.1) is 0 Å². The Morgan fingerprint density at radius 2 is 1.78 bits per heavy atom. The van der Waals surface area contributed by atoms with Gasteiger partial charge < -0.3 is 10.2 Å². The standard InChI is InChI=1S/C13H26N2O2S/c1-15(7-8-18(2,16)17)6-5-11-9-12-3-4-13(10-11)14-12/h11-14H,3-10H2,1-2H3. The van der Waals surface area contributed by atoms with Crippen LogP contribution >= 0.6 is 0 Å². The fraction of sp³-hybridized carbons (Fsp3) is 1.00. The zero-order valence-corrected chi connectivity index (χ0v) is 12.4. The summed E-state index contributed by atoms with van der Waals surface area (Å²) in [4.78, 5) is 2.16. The molecule has 0 spiro atoms. The van der Waals surface area contributed by atoms with E-state index in [1.54, 1.807) is 0 Å². The summed E-state index contributed by atoms with van der Waals surface area (Å²) in [7, 11) is -0.793. The van der Waals surface area contributed by atoms with Gasteiger partial charge in [0.15, 0.2) is 0 Å². The fourth-order valence-electron chi connectivity index (χ4n) is 3.25. The van der Waals surface area contributed by atoms with Crippen molar-refractivity contribution in [2.75, 3.05) is 32.1 Å². The molecule has 0 aromatic heterocycles. The lowest BCUT2D eigenvalue weighted by Crippen LogP contribution is -2.39. The molecule has 106 valence electrons. The van der Waals surface area contributed by atoms with E-state index in [0.717, 1.165) is 24.5 Å². The molecular formula is C13H26N2O2S. The molecule has 1 N–H and O–H groups in total. The third-order valence-electron chi connectivity index (χ3n) is 4.33. The average Bonchev–Trinajstić information content (AvgIpc) is 2.62. The van der Waals surface area contributed by atoms with Gasteiger partial charge in [0.1, 0.15) is 9.84 Å². The molecule has 2 aliphatic heterocycles. The molecule has 2 bridgehead atoms. The Labute approximate surface area is 111 Å². The Balaban J connectivity index is 1.65. The number of piperidine rings is 1. The Kier molecular flexibility index (Phi) is 4.67. The summed E-state index contributed by atoms with van der Waals surface area (Å²) >= 11 is 0. The third kappa shape index (κ3) is 4.52. The predicted octanol–water partition coefficient (Wildman–Crippen LogP) is 0.884. The highest BCUT2D eigenvalue weighted by molar-refractivity contribution is 7.90. The van der Waals surface area contributed by atoms with E-state index in [9.17, 15) is 8.42 Å². The fourth-order valence-corrected chi connectivity index (χ4v) is 3.89. The highest BCUT2D eigenvalue weighted by atomic mass is 32.2. The van der Waals surface area contributed by atoms with Gasteiger partial charge in [0.25, 0.3) is 0 Å². The highest BCUT2D eigenvalue weighted by Gasteiger charge is 2.33. The van der Waals surface area contributed by atoms with Gasteiger partial charge in [0.05, 0.1) is 5.75 Å². The topological polar surface area (TPSA) is 49.4 Å². The summed E-state index contributed by atoms with van der Waals surface area (Å²) in [5, 5.41) is 3.66. The van der Waals surface area contributed by atoms with E-state index in [1.807, 2.05) is 7.05 Å². The van der Waals surface area contributed by atoms with Crippen molar-refractivity contribution < 1.29 is 8.42 Å². The van der Waals surface area contributed by atoms with E-state index in [4.69, 9.17) is 0 Å². The maximum atomic E-state index is 11.1. The minimum atomic E-state index is -2.82. The number of rotatable bonds is 6. The molecule has 0 aromatic rings. The summed E-state index contributed by atoms with van der Waals surface area (Å²) in [5.41, 5.74) is 0. The zero-order chi connectivity index (χ0) is 13.2. The van der Waals surface area contributed by atoms with Crippen molar-refractivity contribution in [2.24, 2.45) is 5.92 Å². The van der Waals surface area contributed by atoms with Crippen molar-refractivity contribution in [3.05, 3.63) is 0 Å². The van der Waals surface area contributed by atoms with Crippen LogP contribution in [0.3, 0.4) is 0 Å². The van der Waals surface area contributed by atoms with Crippen LogP contribution in [0.15, 0.2) is 0 Å². The third-order valence-corrected chi connectivity index (χ3v) is 5.26. The largest absolute Gasteiger partial charge is 0.311 e. The molecule has 0 amide bonds. The smallest absolute Gasteiger partial charge is 0.148 e. The normalized spacial score (nSPS) is 32.1. The molecule has 0 saturated carbocycles. The highest BCUT2D eigenvalue weighted by Crippen LogP contribution is 2.32. The first-order valence-electron chi connectivity index (χ1n) is 7.05. The van der Waals surface area contributed by atoms with Crippen molar-refractivity contribution in [2.45, 2.75) is 44.2 Å². The minimum Gasteiger partial charge on any atom is -0.311 e. The van der Waals surface area contributed by atoms with Gasteiger partial charge in [-0.25, -0.2) is 8.42 Å². The molecule has 0 aliphatic carbocycles. The summed E-state index contributed by atoms with van der Waals surface area (Å²) in [6.45, 7) is 1.69. The maximum Gasteiger partial charge on any atom is 0.148 e. The van der Waals surface area contributed by atoms with Crippen LogP contribution in [-0.2, 0) is 9.84 Å². The molecule has 5 heteroatoms. The molecule has 2 fully saturated rings. The number of sulfone groups is 1. The lowest BCUT2D eigenvalue weighted by molar-refractivity contribution is 0.247. The van der Waals surface area contributed by atoms with Crippen molar-refractivity contribution >= 4 is 9.84 Å². The van der Waals surface area contributed by atoms with Crippen molar-refractivity contribution in [3.8, 4) is 0 Å². The van der Waals surface area contributed by atoms with Gasteiger partial charge in [0.2, 0.25) is 0 Å². The lowest BCUT2D eigenvalue weighted by atomic mass is 9.89. The molecule has 18 heavy (non-hydrogen) atoms. The van der Waals surface area contributed by atoms with Crippen LogP contribution < -0.4 is 5.32 Å². The Hall–Kier alpha value is -0.130. The van der Waals surface area contributed by atoms with Crippen molar-refractivity contribution in [1.29, 1.82) is 0 Å². The van der Waals surface area contributed by atoms with Gasteiger partial charge in [0, 0.05) is 24.9 Å². The predicted molar refractivity (Wildman–Crippen MR) is 74.5 cm³/mol. The molecule has 2 heterocycles. The number of hydrogen-bond acceptors (Lipinski definition) is 4. The van der Waals surface area contributed by atoms with Crippen LogP contribution in [-0.4, -0.2) is 57.5 Å². The van der Waals surface area contributed by atoms with E-state index in [-0.39, 0.29) is 5.75 Å². The second kappa shape index (κ2) is 5.88. The first kappa shape index (κ1) is 14.3. The van der Waals surface area contributed by atoms with E-state index in [2.05, 4.69) is 10.2 Å². The molecule has 2 saturated heterocycles. The summed E-state index contributed by atoms with van der Waals surface area (Å²) < 4.78 is 22.2. The molecule has 2 unspecified atom stereocenters. The van der Waals surface area contributed by atoms with E-state index >= 15 is 0 Å². The summed E-state index contributed by atoms with van der Waals surface area (Å²) in [6, 6.07) is 1.52. The van der Waals surface area contributed by atoms with Crippen LogP contribution in [0.1, 0.15) is 32.1 Å². The van der Waals surface area contributed by atoms with Crippen molar-refractivity contribution in [3.63, 3.8) is 0 Å². The van der Waals surface area contributed by atoms with Crippen LogP contribution in [0, 0.1) is 5.92 Å². The molecule has 0 radical (unpaired) electrons. The monoisotopic (exact) mass is 274 g/mol. The van der Waals surface area contributed by atoms with Gasteiger partial charge in [-0.05, 0) is 51.6 Å². The van der Waals surface area contributed by atoms with Gasteiger partial charge in [-0.1, -0.05) is 0 Å². The number of fused-ring (bicyclic) bond motifs is 2. The number of nitrogens with one attached hydrogen (secondary N) is 1. The van der Waals surface area contributed by atoms with E-state index in [1.165, 1.54) is 38.4 Å². The molecular weight excluding hydrogens is 248 g/mol. The quantitative estimate of drug-likeness (QED) is 0.781. The van der Waals surface area contributed by atoms with Gasteiger partial charge >= 0.3 is 0 Å². The second-order valence-electron chi connectivity index (χ2n) is 6.20. The molecule has 2 atom stereocenters. The Morgan fingerprint density at radius 3 is 2.33 bits per heavy atom. The van der Waals surface area contributed by atoms with Crippen molar-refractivity contribution in [1.82, 2.24) is 10.2 Å². The lowest BCUT2D eigenvalue weighted by Gasteiger charge is -2.30. The van der Waals surface area contributed by atoms with Crippen LogP contribution in [0.25, 0.3) is 0 Å². The molecule has 2 aliphatic rings. The molecule has 4 nitrogen and oxygen atoms in total. The van der Waals surface area contributed by atoms with E-state index < -0.39 is 9.84 Å². The van der Waals surface area contributed by atoms with Gasteiger partial charge in [-0.3, -0.25) is 0 Å². The number of hydrogen-bond donors (Lipinski definition) is 1. The van der Waals surface area contributed by atoms with Crippen LogP contribution in [0.5, 0.6) is 0 Å². The maximum absolute atomic E-state index is 11.1. The average molecular weight is 274 g/mol. The Morgan fingerprint density at radius 1 is 1.17 bits per heavy atom. The number of nitrogens with zero attached hydrogens (tertiary/aromatic N) is 1. The zero-order valence-electron chi connectivity index (χ0n) is 11.6. The minimum absolute atomic E-state index is 0.279. The molecule has 0 aromatic carbocycles.